The number of anilines is 2. The van der Waals surface area contributed by atoms with Gasteiger partial charge in [-0.2, -0.15) is 0 Å². The van der Waals surface area contributed by atoms with Crippen LogP contribution in [0.25, 0.3) is 10.2 Å². The van der Waals surface area contributed by atoms with Crippen molar-refractivity contribution < 1.29 is 9.59 Å². The summed E-state index contributed by atoms with van der Waals surface area (Å²) in [5, 5.41) is 7.28. The topological polar surface area (TPSA) is 74.3 Å². The molecule has 9 heteroatoms. The third kappa shape index (κ3) is 5.36. The van der Waals surface area contributed by atoms with Crippen LogP contribution in [0.2, 0.25) is 10.0 Å². The zero-order chi connectivity index (χ0) is 22.0. The van der Waals surface area contributed by atoms with Gasteiger partial charge in [0.05, 0.1) is 26.8 Å². The molecule has 0 atom stereocenters. The molecule has 0 unspecified atom stereocenters. The van der Waals surface area contributed by atoms with E-state index in [1.807, 2.05) is 25.1 Å². The number of hydrogen-bond donors (Lipinski definition) is 2. The number of amides is 2. The van der Waals surface area contributed by atoms with Gasteiger partial charge in [-0.05, 0) is 62.7 Å². The SMILES string of the molecule is Cc1cccc2sc(NC(=O)C3CCN(CC(=O)Nc4ccc(Cl)c(Cl)c4)CC3)nc12. The summed E-state index contributed by atoms with van der Waals surface area (Å²) in [5.74, 6) is -0.203. The summed E-state index contributed by atoms with van der Waals surface area (Å²) in [5.41, 5.74) is 2.65. The molecule has 6 nitrogen and oxygen atoms in total. The number of nitrogens with one attached hydrogen (secondary N) is 2. The van der Waals surface area contributed by atoms with Gasteiger partial charge in [-0.3, -0.25) is 14.5 Å². The second-order valence-corrected chi connectivity index (χ2v) is 9.50. The summed E-state index contributed by atoms with van der Waals surface area (Å²) in [4.78, 5) is 31.6. The largest absolute Gasteiger partial charge is 0.325 e. The number of likely N-dealkylation sites (tertiary alicyclic amines) is 1. The van der Waals surface area contributed by atoms with Crippen LogP contribution in [0, 0.1) is 12.8 Å². The van der Waals surface area contributed by atoms with Gasteiger partial charge in [0.15, 0.2) is 5.13 Å². The zero-order valence-corrected chi connectivity index (χ0v) is 19.3. The fourth-order valence-electron chi connectivity index (χ4n) is 3.68. The van der Waals surface area contributed by atoms with E-state index >= 15 is 0 Å². The van der Waals surface area contributed by atoms with Crippen molar-refractivity contribution in [1.82, 2.24) is 9.88 Å². The lowest BCUT2D eigenvalue weighted by Crippen LogP contribution is -2.41. The van der Waals surface area contributed by atoms with Crippen molar-refractivity contribution in [3.8, 4) is 0 Å². The Bertz CT molecular complexity index is 1130. The molecule has 0 radical (unpaired) electrons. The number of carbonyl (C=O) groups excluding carboxylic acids is 2. The minimum absolute atomic E-state index is 0.00313. The summed E-state index contributed by atoms with van der Waals surface area (Å²) in [6.07, 6.45) is 1.41. The van der Waals surface area contributed by atoms with Crippen molar-refractivity contribution in [2.75, 3.05) is 30.3 Å². The van der Waals surface area contributed by atoms with E-state index in [0.717, 1.165) is 15.8 Å². The molecule has 1 aliphatic heterocycles. The van der Waals surface area contributed by atoms with Crippen LogP contribution in [0.3, 0.4) is 0 Å². The Kier molecular flexibility index (Phi) is 6.77. The molecular weight excluding hydrogens is 455 g/mol. The van der Waals surface area contributed by atoms with E-state index in [2.05, 4.69) is 20.5 Å². The van der Waals surface area contributed by atoms with Crippen LogP contribution >= 0.6 is 34.5 Å². The van der Waals surface area contributed by atoms with Gasteiger partial charge in [-0.25, -0.2) is 4.98 Å². The minimum atomic E-state index is -0.119. The van der Waals surface area contributed by atoms with E-state index in [-0.39, 0.29) is 24.3 Å². The summed E-state index contributed by atoms with van der Waals surface area (Å²) in [6.45, 7) is 3.66. The number of nitrogens with zero attached hydrogens (tertiary/aromatic N) is 2. The molecule has 2 heterocycles. The lowest BCUT2D eigenvalue weighted by molar-refractivity contribution is -0.121. The number of hydrogen-bond acceptors (Lipinski definition) is 5. The number of piperidine rings is 1. The second-order valence-electron chi connectivity index (χ2n) is 7.66. The van der Waals surface area contributed by atoms with Gasteiger partial charge in [-0.15, -0.1) is 0 Å². The maximum absolute atomic E-state index is 12.7. The van der Waals surface area contributed by atoms with Gasteiger partial charge in [0.1, 0.15) is 0 Å². The molecule has 1 aromatic heterocycles. The third-order valence-electron chi connectivity index (χ3n) is 5.38. The second kappa shape index (κ2) is 9.53. The van der Waals surface area contributed by atoms with Crippen molar-refractivity contribution in [2.24, 2.45) is 5.92 Å². The van der Waals surface area contributed by atoms with E-state index in [9.17, 15) is 9.59 Å². The number of para-hydroxylation sites is 1. The predicted octanol–water partition coefficient (Wildman–Crippen LogP) is 5.20. The van der Waals surface area contributed by atoms with Crippen LogP contribution in [-0.2, 0) is 9.59 Å². The molecule has 31 heavy (non-hydrogen) atoms. The number of benzene rings is 2. The Morgan fingerprint density at radius 3 is 2.61 bits per heavy atom. The molecule has 1 fully saturated rings. The monoisotopic (exact) mass is 476 g/mol. The van der Waals surface area contributed by atoms with Gasteiger partial charge in [0.2, 0.25) is 11.8 Å². The van der Waals surface area contributed by atoms with Gasteiger partial charge in [0, 0.05) is 11.6 Å². The van der Waals surface area contributed by atoms with Gasteiger partial charge in [-0.1, -0.05) is 46.7 Å². The number of thiazole rings is 1. The summed E-state index contributed by atoms with van der Waals surface area (Å²) >= 11 is 13.4. The summed E-state index contributed by atoms with van der Waals surface area (Å²) < 4.78 is 1.07. The number of aryl methyl sites for hydroxylation is 1. The molecule has 4 rings (SSSR count). The number of aromatic nitrogens is 1. The number of halogens is 2. The van der Waals surface area contributed by atoms with E-state index in [0.29, 0.717) is 46.8 Å². The predicted molar refractivity (Wildman–Crippen MR) is 127 cm³/mol. The molecule has 0 spiro atoms. The van der Waals surface area contributed by atoms with E-state index in [1.165, 1.54) is 11.3 Å². The van der Waals surface area contributed by atoms with Crippen LogP contribution in [0.5, 0.6) is 0 Å². The van der Waals surface area contributed by atoms with Crippen LogP contribution < -0.4 is 10.6 Å². The Labute approximate surface area is 194 Å². The van der Waals surface area contributed by atoms with Crippen LogP contribution in [0.15, 0.2) is 36.4 Å². The average Bonchev–Trinajstić information content (AvgIpc) is 3.15. The molecule has 0 bridgehead atoms. The maximum Gasteiger partial charge on any atom is 0.238 e. The molecule has 1 aliphatic rings. The van der Waals surface area contributed by atoms with Gasteiger partial charge in [0.25, 0.3) is 0 Å². The summed E-state index contributed by atoms with van der Waals surface area (Å²) in [6, 6.07) is 11.0. The Morgan fingerprint density at radius 1 is 1.13 bits per heavy atom. The molecular formula is C22H22Cl2N4O2S. The highest BCUT2D eigenvalue weighted by Gasteiger charge is 2.26. The normalized spacial score (nSPS) is 15.2. The lowest BCUT2D eigenvalue weighted by atomic mass is 9.96. The first-order valence-electron chi connectivity index (χ1n) is 10.0. The third-order valence-corrected chi connectivity index (χ3v) is 7.05. The van der Waals surface area contributed by atoms with Gasteiger partial charge < -0.3 is 10.6 Å². The first-order chi connectivity index (χ1) is 14.9. The molecule has 2 aromatic carbocycles. The van der Waals surface area contributed by atoms with Crippen molar-refractivity contribution in [1.29, 1.82) is 0 Å². The highest BCUT2D eigenvalue weighted by Crippen LogP contribution is 2.29. The van der Waals surface area contributed by atoms with Gasteiger partial charge >= 0.3 is 0 Å². The van der Waals surface area contributed by atoms with Crippen LogP contribution in [0.4, 0.5) is 10.8 Å². The molecule has 2 N–H and O–H groups in total. The number of rotatable bonds is 5. The fourth-order valence-corrected chi connectivity index (χ4v) is 4.92. The van der Waals surface area contributed by atoms with Crippen LogP contribution in [-0.4, -0.2) is 41.3 Å². The minimum Gasteiger partial charge on any atom is -0.325 e. The first kappa shape index (κ1) is 22.0. The highest BCUT2D eigenvalue weighted by molar-refractivity contribution is 7.22. The van der Waals surface area contributed by atoms with Crippen molar-refractivity contribution >= 4 is 67.4 Å². The van der Waals surface area contributed by atoms with E-state index < -0.39 is 0 Å². The number of fused-ring (bicyclic) bond motifs is 1. The van der Waals surface area contributed by atoms with E-state index in [1.54, 1.807) is 18.2 Å². The molecule has 2 amide bonds. The quantitative estimate of drug-likeness (QED) is 0.530. The Hall–Kier alpha value is -2.19. The van der Waals surface area contributed by atoms with Crippen molar-refractivity contribution in [3.05, 3.63) is 52.0 Å². The molecule has 1 saturated heterocycles. The van der Waals surface area contributed by atoms with Crippen molar-refractivity contribution in [3.63, 3.8) is 0 Å². The molecule has 3 aromatic rings. The standard InChI is InChI=1S/C22H22Cl2N4O2S/c1-13-3-2-4-18-20(13)26-22(31-18)27-21(30)14-7-9-28(10-8-14)12-19(29)25-15-5-6-16(23)17(24)11-15/h2-6,11,14H,7-10,12H2,1H3,(H,25,29)(H,26,27,30). The molecule has 0 saturated carbocycles. The lowest BCUT2D eigenvalue weighted by Gasteiger charge is -2.30. The van der Waals surface area contributed by atoms with E-state index in [4.69, 9.17) is 23.2 Å². The fraction of sp³-hybridized carbons (Fsp3) is 0.318. The van der Waals surface area contributed by atoms with Crippen LogP contribution in [0.1, 0.15) is 18.4 Å². The smallest absolute Gasteiger partial charge is 0.238 e. The zero-order valence-electron chi connectivity index (χ0n) is 17.0. The summed E-state index contributed by atoms with van der Waals surface area (Å²) in [7, 11) is 0. The Balaban J connectivity index is 1.26. The average molecular weight is 477 g/mol. The number of carbonyl (C=O) groups is 2. The maximum atomic E-state index is 12.7. The Morgan fingerprint density at radius 2 is 1.90 bits per heavy atom. The highest BCUT2D eigenvalue weighted by atomic mass is 35.5. The first-order valence-corrected chi connectivity index (χ1v) is 11.6. The van der Waals surface area contributed by atoms with Crippen molar-refractivity contribution in [2.45, 2.75) is 19.8 Å². The molecule has 162 valence electrons. The molecule has 0 aliphatic carbocycles.